The maximum atomic E-state index is 12.8. The van der Waals surface area contributed by atoms with Crippen LogP contribution in [0.2, 0.25) is 0 Å². The van der Waals surface area contributed by atoms with Crippen LogP contribution in [-0.2, 0) is 16.6 Å². The van der Waals surface area contributed by atoms with Crippen molar-refractivity contribution in [3.63, 3.8) is 0 Å². The molecule has 0 bridgehead atoms. The smallest absolute Gasteiger partial charge is 0.271 e. The van der Waals surface area contributed by atoms with E-state index in [4.69, 9.17) is 4.74 Å². The van der Waals surface area contributed by atoms with Crippen molar-refractivity contribution in [1.82, 2.24) is 9.78 Å². The van der Waals surface area contributed by atoms with Gasteiger partial charge in [0.25, 0.3) is 10.0 Å². The lowest BCUT2D eigenvalue weighted by Gasteiger charge is -2.30. The van der Waals surface area contributed by atoms with Gasteiger partial charge >= 0.3 is 0 Å². The molecule has 1 aromatic carbocycles. The minimum absolute atomic E-state index is 0.000385. The Bertz CT molecular complexity index is 842. The molecule has 0 fully saturated rings. The van der Waals surface area contributed by atoms with Gasteiger partial charge in [0, 0.05) is 18.5 Å². The van der Waals surface area contributed by atoms with Crippen molar-refractivity contribution in [2.24, 2.45) is 5.41 Å². The van der Waals surface area contributed by atoms with Gasteiger partial charge in [-0.15, -0.1) is 0 Å². The van der Waals surface area contributed by atoms with E-state index in [0.29, 0.717) is 18.8 Å². The molecule has 0 unspecified atom stereocenters. The second kappa shape index (κ2) is 5.16. The second-order valence-electron chi connectivity index (χ2n) is 6.42. The summed E-state index contributed by atoms with van der Waals surface area (Å²) in [6.45, 7) is 5.08. The average molecular weight is 337 g/mol. The van der Waals surface area contributed by atoms with Gasteiger partial charge in [-0.05, 0) is 12.1 Å². The summed E-state index contributed by atoms with van der Waals surface area (Å²) in [7, 11) is -2.40. The Kier molecular flexibility index (Phi) is 3.51. The molecule has 0 amide bonds. The summed E-state index contributed by atoms with van der Waals surface area (Å²) in [5.74, 6) is 0.260. The normalized spacial score (nSPS) is 16.5. The molecule has 0 saturated heterocycles. The zero-order chi connectivity index (χ0) is 16.8. The average Bonchev–Trinajstić information content (AvgIpc) is 2.88. The minimum Gasteiger partial charge on any atom is -0.508 e. The number of benzene rings is 1. The summed E-state index contributed by atoms with van der Waals surface area (Å²) >= 11 is 0. The van der Waals surface area contributed by atoms with Crippen LogP contribution in [0.25, 0.3) is 0 Å². The van der Waals surface area contributed by atoms with E-state index in [1.165, 1.54) is 25.4 Å². The quantitative estimate of drug-likeness (QED) is 0.924. The van der Waals surface area contributed by atoms with E-state index in [1.54, 1.807) is 16.8 Å². The van der Waals surface area contributed by atoms with Gasteiger partial charge < -0.3 is 9.84 Å². The fourth-order valence-electron chi connectivity index (χ4n) is 2.48. The van der Waals surface area contributed by atoms with Crippen LogP contribution >= 0.6 is 0 Å². The van der Waals surface area contributed by atoms with E-state index in [2.05, 4.69) is 5.10 Å². The van der Waals surface area contributed by atoms with Gasteiger partial charge in [0.15, 0.2) is 4.90 Å². The van der Waals surface area contributed by atoms with Gasteiger partial charge in [0.1, 0.15) is 5.75 Å². The van der Waals surface area contributed by atoms with E-state index in [0.717, 1.165) is 4.31 Å². The molecule has 124 valence electrons. The number of nitrogens with zero attached hydrogens (tertiary/aromatic N) is 3. The molecule has 1 aromatic heterocycles. The number of phenols is 1. The molecule has 0 aliphatic carbocycles. The molecule has 1 aliphatic heterocycles. The Morgan fingerprint density at radius 2 is 2.13 bits per heavy atom. The largest absolute Gasteiger partial charge is 0.508 e. The lowest BCUT2D eigenvalue weighted by Crippen LogP contribution is -2.34. The zero-order valence-corrected chi connectivity index (χ0v) is 14.0. The SMILES string of the molecule is CN(c1cccc(O)c1)S(=O)(=O)c1cnn2c1OCC(C)(C)C2. The van der Waals surface area contributed by atoms with Crippen LogP contribution in [0.1, 0.15) is 13.8 Å². The Morgan fingerprint density at radius 1 is 1.39 bits per heavy atom. The molecule has 2 aromatic rings. The highest BCUT2D eigenvalue weighted by Gasteiger charge is 2.35. The molecular weight excluding hydrogens is 318 g/mol. The first-order valence-corrected chi connectivity index (χ1v) is 8.61. The molecule has 7 nitrogen and oxygen atoms in total. The van der Waals surface area contributed by atoms with E-state index in [-0.39, 0.29) is 21.9 Å². The zero-order valence-electron chi connectivity index (χ0n) is 13.2. The fraction of sp³-hybridized carbons (Fsp3) is 0.400. The molecule has 0 radical (unpaired) electrons. The Morgan fingerprint density at radius 3 is 2.83 bits per heavy atom. The molecule has 2 heterocycles. The first kappa shape index (κ1) is 15.7. The standard InChI is InChI=1S/C15H19N3O4S/c1-15(2)9-18-14(22-10-15)13(8-16-18)23(20,21)17(3)11-5-4-6-12(19)7-11/h4-8,19H,9-10H2,1-3H3. The highest BCUT2D eigenvalue weighted by molar-refractivity contribution is 7.92. The van der Waals surface area contributed by atoms with E-state index < -0.39 is 10.0 Å². The van der Waals surface area contributed by atoms with Crippen LogP contribution in [0.4, 0.5) is 5.69 Å². The number of sulfonamides is 1. The molecule has 23 heavy (non-hydrogen) atoms. The second-order valence-corrected chi connectivity index (χ2v) is 8.35. The van der Waals surface area contributed by atoms with E-state index in [9.17, 15) is 13.5 Å². The molecule has 3 rings (SSSR count). The highest BCUT2D eigenvalue weighted by atomic mass is 32.2. The van der Waals surface area contributed by atoms with Gasteiger partial charge in [-0.1, -0.05) is 19.9 Å². The van der Waals surface area contributed by atoms with E-state index >= 15 is 0 Å². The van der Waals surface area contributed by atoms with Crippen LogP contribution in [-0.4, -0.2) is 37.0 Å². The predicted molar refractivity (Wildman–Crippen MR) is 85.2 cm³/mol. The number of ether oxygens (including phenoxy) is 1. The monoisotopic (exact) mass is 337 g/mol. The van der Waals surface area contributed by atoms with Gasteiger partial charge in [-0.3, -0.25) is 4.31 Å². The van der Waals surface area contributed by atoms with Crippen LogP contribution < -0.4 is 9.04 Å². The van der Waals surface area contributed by atoms with Crippen molar-refractivity contribution >= 4 is 15.7 Å². The molecular formula is C15H19N3O4S. The lowest BCUT2D eigenvalue weighted by molar-refractivity contribution is 0.0971. The molecule has 0 atom stereocenters. The first-order chi connectivity index (χ1) is 10.7. The predicted octanol–water partition coefficient (Wildman–Crippen LogP) is 1.83. The maximum Gasteiger partial charge on any atom is 0.271 e. The molecule has 0 spiro atoms. The number of fused-ring (bicyclic) bond motifs is 1. The van der Waals surface area contributed by atoms with E-state index in [1.807, 2.05) is 13.8 Å². The van der Waals surface area contributed by atoms with Crippen molar-refractivity contribution in [3.05, 3.63) is 30.5 Å². The van der Waals surface area contributed by atoms with Crippen LogP contribution in [0, 0.1) is 5.41 Å². The summed E-state index contributed by atoms with van der Waals surface area (Å²) in [6, 6.07) is 6.06. The van der Waals surface area contributed by atoms with Crippen molar-refractivity contribution in [2.45, 2.75) is 25.3 Å². The molecule has 8 heteroatoms. The number of hydrogen-bond acceptors (Lipinski definition) is 5. The lowest BCUT2D eigenvalue weighted by atomic mass is 9.94. The number of aromatic nitrogens is 2. The Balaban J connectivity index is 2.00. The van der Waals surface area contributed by atoms with Gasteiger partial charge in [0.2, 0.25) is 5.88 Å². The molecule has 0 saturated carbocycles. The molecule has 1 aliphatic rings. The van der Waals surface area contributed by atoms with Crippen molar-refractivity contribution in [2.75, 3.05) is 18.0 Å². The number of anilines is 1. The van der Waals surface area contributed by atoms with Crippen molar-refractivity contribution in [1.29, 1.82) is 0 Å². The summed E-state index contributed by atoms with van der Waals surface area (Å²) in [5, 5.41) is 13.7. The number of hydrogen-bond donors (Lipinski definition) is 1. The summed E-state index contributed by atoms with van der Waals surface area (Å²) in [4.78, 5) is 0.0267. The topological polar surface area (TPSA) is 84.7 Å². The Hall–Kier alpha value is -2.22. The minimum atomic E-state index is -3.83. The molecule has 1 N–H and O–H groups in total. The van der Waals surface area contributed by atoms with Crippen molar-refractivity contribution < 1.29 is 18.3 Å². The van der Waals surface area contributed by atoms with Crippen LogP contribution in [0.15, 0.2) is 35.4 Å². The highest BCUT2D eigenvalue weighted by Crippen LogP contribution is 2.35. The third-order valence-electron chi connectivity index (χ3n) is 3.77. The fourth-order valence-corrected chi connectivity index (χ4v) is 3.73. The Labute approximate surface area is 135 Å². The van der Waals surface area contributed by atoms with Crippen LogP contribution in [0.3, 0.4) is 0 Å². The van der Waals surface area contributed by atoms with Gasteiger partial charge in [-0.2, -0.15) is 5.10 Å². The summed E-state index contributed by atoms with van der Waals surface area (Å²) in [5.41, 5.74) is 0.262. The number of phenolic OH excluding ortho intramolecular Hbond substituents is 1. The third kappa shape index (κ3) is 2.74. The third-order valence-corrected chi connectivity index (χ3v) is 5.54. The maximum absolute atomic E-state index is 12.8. The number of aromatic hydroxyl groups is 1. The van der Waals surface area contributed by atoms with Gasteiger partial charge in [0.05, 0.1) is 25.0 Å². The summed E-state index contributed by atoms with van der Waals surface area (Å²) < 4.78 is 34.0. The first-order valence-electron chi connectivity index (χ1n) is 7.17. The van der Waals surface area contributed by atoms with Gasteiger partial charge in [-0.25, -0.2) is 13.1 Å². The summed E-state index contributed by atoms with van der Waals surface area (Å²) in [6.07, 6.45) is 1.31. The number of rotatable bonds is 3. The van der Waals surface area contributed by atoms with Crippen LogP contribution in [0.5, 0.6) is 11.6 Å². The van der Waals surface area contributed by atoms with Crippen molar-refractivity contribution in [3.8, 4) is 11.6 Å².